The van der Waals surface area contributed by atoms with Crippen LogP contribution in [-0.4, -0.2) is 28.5 Å². The van der Waals surface area contributed by atoms with Crippen LogP contribution in [0.3, 0.4) is 0 Å². The van der Waals surface area contributed by atoms with Gasteiger partial charge in [-0.2, -0.15) is 26.3 Å². The topological polar surface area (TPSA) is 44.4 Å². The Balaban J connectivity index is 1.84. The highest BCUT2D eigenvalue weighted by molar-refractivity contribution is 7.80. The van der Waals surface area contributed by atoms with Crippen LogP contribution >= 0.6 is 12.2 Å². The summed E-state index contributed by atoms with van der Waals surface area (Å²) in [4.78, 5) is 15.2. The normalized spacial score (nSPS) is 17.5. The van der Waals surface area contributed by atoms with Crippen molar-refractivity contribution in [1.29, 1.82) is 0 Å². The van der Waals surface area contributed by atoms with Gasteiger partial charge < -0.3 is 15.5 Å². The number of thiocarbonyl (C=S) groups is 1. The monoisotopic (exact) mass is 549 g/mol. The lowest BCUT2D eigenvalue weighted by Crippen LogP contribution is -2.55. The lowest BCUT2D eigenvalue weighted by Gasteiger charge is -2.36. The van der Waals surface area contributed by atoms with E-state index in [1.54, 1.807) is 37.8 Å². The average molecular weight is 550 g/mol. The van der Waals surface area contributed by atoms with Crippen LogP contribution in [0, 0.1) is 11.2 Å². The number of likely N-dealkylation sites (tertiary alicyclic amines) is 1. The number of rotatable bonds is 4. The van der Waals surface area contributed by atoms with E-state index in [0.29, 0.717) is 31.5 Å². The third kappa shape index (κ3) is 7.12. The second-order valence-electron chi connectivity index (χ2n) is 9.93. The van der Waals surface area contributed by atoms with Gasteiger partial charge in [0.25, 0.3) is 0 Å². The van der Waals surface area contributed by atoms with Gasteiger partial charge in [-0.05, 0) is 66.4 Å². The highest BCUT2D eigenvalue weighted by Gasteiger charge is 2.40. The van der Waals surface area contributed by atoms with Crippen LogP contribution in [0.1, 0.15) is 56.3 Å². The number of hydrogen-bond acceptors (Lipinski definition) is 2. The third-order valence-corrected chi connectivity index (χ3v) is 6.24. The smallest absolute Gasteiger partial charge is 0.350 e. The molecule has 1 fully saturated rings. The molecule has 2 aromatic rings. The maximum Gasteiger partial charge on any atom is 0.416 e. The minimum absolute atomic E-state index is 0.0199. The number of nitrogens with zero attached hydrogens (tertiary/aromatic N) is 1. The molecule has 37 heavy (non-hydrogen) atoms. The molecule has 12 heteroatoms. The Morgan fingerprint density at radius 3 is 2.00 bits per heavy atom. The summed E-state index contributed by atoms with van der Waals surface area (Å²) in [5.74, 6) is -0.753. The van der Waals surface area contributed by atoms with E-state index in [-0.39, 0.29) is 23.1 Å². The van der Waals surface area contributed by atoms with E-state index in [4.69, 9.17) is 12.2 Å². The van der Waals surface area contributed by atoms with Crippen LogP contribution in [0.25, 0.3) is 0 Å². The van der Waals surface area contributed by atoms with Gasteiger partial charge in [-0.1, -0.05) is 32.9 Å². The van der Waals surface area contributed by atoms with E-state index < -0.39 is 46.4 Å². The molecule has 0 radical (unpaired) electrons. The summed E-state index contributed by atoms with van der Waals surface area (Å²) in [5.41, 5.74) is -3.48. The fourth-order valence-corrected chi connectivity index (χ4v) is 4.44. The summed E-state index contributed by atoms with van der Waals surface area (Å²) < 4.78 is 92.6. The molecule has 1 aliphatic heterocycles. The largest absolute Gasteiger partial charge is 0.416 e. The Morgan fingerprint density at radius 1 is 0.973 bits per heavy atom. The number of anilines is 1. The van der Waals surface area contributed by atoms with E-state index in [2.05, 4.69) is 10.6 Å². The SMILES string of the molecule is CC(C)(C)[C@@H](NC(=S)Nc1cc(C(F)(F)F)cc(C(F)(F)F)c1)C(=O)N1CCC[C@H]1c1ccc(F)cc1. The van der Waals surface area contributed by atoms with Gasteiger partial charge >= 0.3 is 12.4 Å². The van der Waals surface area contributed by atoms with Crippen LogP contribution in [0.5, 0.6) is 0 Å². The van der Waals surface area contributed by atoms with Gasteiger partial charge in [0.1, 0.15) is 11.9 Å². The highest BCUT2D eigenvalue weighted by Crippen LogP contribution is 2.38. The van der Waals surface area contributed by atoms with Crippen molar-refractivity contribution in [3.05, 3.63) is 65.0 Å². The lowest BCUT2D eigenvalue weighted by atomic mass is 9.85. The van der Waals surface area contributed by atoms with E-state index in [0.717, 1.165) is 5.56 Å². The van der Waals surface area contributed by atoms with Crippen LogP contribution in [0.2, 0.25) is 0 Å². The van der Waals surface area contributed by atoms with Crippen molar-refractivity contribution in [2.24, 2.45) is 5.41 Å². The second-order valence-corrected chi connectivity index (χ2v) is 10.3. The Hall–Kier alpha value is -2.89. The Labute approximate surface area is 215 Å². The Bertz CT molecular complexity index is 1110. The van der Waals surface area contributed by atoms with Gasteiger partial charge in [-0.25, -0.2) is 4.39 Å². The fourth-order valence-electron chi connectivity index (χ4n) is 4.20. The Morgan fingerprint density at radius 2 is 1.51 bits per heavy atom. The van der Waals surface area contributed by atoms with Crippen molar-refractivity contribution in [3.8, 4) is 0 Å². The molecule has 1 amide bonds. The van der Waals surface area contributed by atoms with E-state index in [9.17, 15) is 35.5 Å². The predicted octanol–water partition coefficient (Wildman–Crippen LogP) is 6.93. The molecule has 0 aromatic heterocycles. The second kappa shape index (κ2) is 10.5. The number of carbonyl (C=O) groups is 1. The Kier molecular flexibility index (Phi) is 8.11. The van der Waals surface area contributed by atoms with Crippen LogP contribution in [0.15, 0.2) is 42.5 Å². The molecule has 1 heterocycles. The zero-order chi connectivity index (χ0) is 27.8. The minimum Gasteiger partial charge on any atom is -0.350 e. The predicted molar refractivity (Wildman–Crippen MR) is 129 cm³/mol. The summed E-state index contributed by atoms with van der Waals surface area (Å²) in [6.07, 6.45) is -8.66. The van der Waals surface area contributed by atoms with Gasteiger partial charge in [-0.3, -0.25) is 4.79 Å². The molecule has 1 saturated heterocycles. The number of alkyl halides is 6. The first-order valence-electron chi connectivity index (χ1n) is 11.4. The van der Waals surface area contributed by atoms with Crippen LogP contribution in [-0.2, 0) is 17.1 Å². The number of benzene rings is 2. The average Bonchev–Trinajstić information content (AvgIpc) is 3.25. The van der Waals surface area contributed by atoms with Gasteiger partial charge in [0.05, 0.1) is 17.2 Å². The molecular weight excluding hydrogens is 523 g/mol. The lowest BCUT2D eigenvalue weighted by molar-refractivity contribution is -0.143. The molecule has 0 aliphatic carbocycles. The number of hydrogen-bond donors (Lipinski definition) is 2. The van der Waals surface area contributed by atoms with Crippen molar-refractivity contribution in [1.82, 2.24) is 10.2 Å². The van der Waals surface area contributed by atoms with Crippen molar-refractivity contribution >= 4 is 28.9 Å². The molecule has 0 saturated carbocycles. The molecule has 2 atom stereocenters. The first-order valence-corrected chi connectivity index (χ1v) is 11.8. The molecule has 0 spiro atoms. The first kappa shape index (κ1) is 28.7. The van der Waals surface area contributed by atoms with Crippen molar-refractivity contribution in [2.45, 2.75) is 58.0 Å². The molecule has 0 unspecified atom stereocenters. The van der Waals surface area contributed by atoms with Gasteiger partial charge in [0.2, 0.25) is 5.91 Å². The maximum absolute atomic E-state index is 13.6. The van der Waals surface area contributed by atoms with Crippen molar-refractivity contribution in [2.75, 3.05) is 11.9 Å². The molecule has 3 rings (SSSR count). The summed E-state index contributed by atoms with van der Waals surface area (Å²) in [6.45, 7) is 5.68. The van der Waals surface area contributed by atoms with Crippen molar-refractivity contribution in [3.63, 3.8) is 0 Å². The quantitative estimate of drug-likeness (QED) is 0.321. The van der Waals surface area contributed by atoms with Gasteiger partial charge in [0, 0.05) is 12.2 Å². The standard InChI is InChI=1S/C25H26F7N3OS/c1-23(2,3)20(21(36)35-10-4-5-19(35)14-6-8-17(26)9-7-14)34-22(37)33-18-12-15(24(27,28)29)11-16(13-18)25(30,31)32/h6-9,11-13,19-20H,4-5,10H2,1-3H3,(H2,33,34,37)/t19-,20-/m0/s1. The molecule has 2 aromatic carbocycles. The van der Waals surface area contributed by atoms with E-state index in [1.165, 1.54) is 12.1 Å². The summed E-state index contributed by atoms with van der Waals surface area (Å²) in [6, 6.07) is 5.60. The van der Waals surface area contributed by atoms with E-state index in [1.807, 2.05) is 0 Å². The number of nitrogens with one attached hydrogen (secondary N) is 2. The summed E-state index contributed by atoms with van der Waals surface area (Å²) in [5, 5.41) is 4.85. The van der Waals surface area contributed by atoms with Crippen LogP contribution in [0.4, 0.5) is 36.4 Å². The molecular formula is C25H26F7N3OS. The van der Waals surface area contributed by atoms with Gasteiger partial charge in [-0.15, -0.1) is 0 Å². The maximum atomic E-state index is 13.6. The number of amides is 1. The molecule has 1 aliphatic rings. The molecule has 202 valence electrons. The third-order valence-electron chi connectivity index (χ3n) is 6.02. The zero-order valence-electron chi connectivity index (χ0n) is 20.2. The van der Waals surface area contributed by atoms with E-state index >= 15 is 0 Å². The molecule has 0 bridgehead atoms. The first-order chi connectivity index (χ1) is 17.0. The fraction of sp³-hybridized carbons (Fsp3) is 0.440. The molecule has 4 nitrogen and oxygen atoms in total. The van der Waals surface area contributed by atoms with Crippen LogP contribution < -0.4 is 10.6 Å². The summed E-state index contributed by atoms with van der Waals surface area (Å²) >= 11 is 5.19. The van der Waals surface area contributed by atoms with Gasteiger partial charge in [0.15, 0.2) is 5.11 Å². The minimum atomic E-state index is -5.01. The van der Waals surface area contributed by atoms with Crippen molar-refractivity contribution < 1.29 is 35.5 Å². The number of halogens is 7. The highest BCUT2D eigenvalue weighted by atomic mass is 32.1. The summed E-state index contributed by atoms with van der Waals surface area (Å²) in [7, 11) is 0. The zero-order valence-corrected chi connectivity index (χ0v) is 21.0. The molecule has 2 N–H and O–H groups in total. The number of carbonyl (C=O) groups excluding carboxylic acids is 1.